The minimum absolute atomic E-state index is 0.0979. The van der Waals surface area contributed by atoms with Gasteiger partial charge < -0.3 is 5.32 Å². The van der Waals surface area contributed by atoms with Gasteiger partial charge in [0.2, 0.25) is 11.8 Å². The fraction of sp³-hybridized carbons (Fsp3) is 0.161. The van der Waals surface area contributed by atoms with Crippen molar-refractivity contribution in [3.8, 4) is 0 Å². The third-order valence-corrected chi connectivity index (χ3v) is 6.83. The molecule has 0 aliphatic carbocycles. The predicted molar refractivity (Wildman–Crippen MR) is 148 cm³/mol. The number of nitrogens with one attached hydrogen (secondary N) is 1. The van der Waals surface area contributed by atoms with E-state index in [1.807, 2.05) is 80.6 Å². The number of carbonyl (C=O) groups is 2. The molecule has 0 saturated heterocycles. The number of rotatable bonds is 8. The highest BCUT2D eigenvalue weighted by Gasteiger charge is 2.35. The lowest BCUT2D eigenvalue weighted by Gasteiger charge is -2.33. The molecule has 0 radical (unpaired) electrons. The lowest BCUT2D eigenvalue weighted by molar-refractivity contribution is -0.127. The van der Waals surface area contributed by atoms with Crippen LogP contribution < -0.4 is 10.2 Å². The van der Waals surface area contributed by atoms with Gasteiger partial charge >= 0.3 is 0 Å². The van der Waals surface area contributed by atoms with Gasteiger partial charge in [-0.05, 0) is 54.8 Å². The second kappa shape index (κ2) is 11.3. The number of halogens is 1. The van der Waals surface area contributed by atoms with E-state index < -0.39 is 23.7 Å². The molecule has 0 unspecified atom stereocenters. The van der Waals surface area contributed by atoms with Gasteiger partial charge in [0.1, 0.15) is 23.9 Å². The van der Waals surface area contributed by atoms with Crippen LogP contribution in [0.1, 0.15) is 28.3 Å². The lowest BCUT2D eigenvalue weighted by Crippen LogP contribution is -2.46. The number of benzene rings is 4. The number of hydrogen-bond acceptors (Lipinski definition) is 4. The summed E-state index contributed by atoms with van der Waals surface area (Å²) >= 11 is 0. The summed E-state index contributed by atoms with van der Waals surface area (Å²) in [6.45, 7) is 3.86. The molecule has 0 spiro atoms. The minimum Gasteiger partial charge on any atom is -0.350 e. The van der Waals surface area contributed by atoms with Crippen molar-refractivity contribution in [2.24, 2.45) is 0 Å². The number of nitrogens with zero attached hydrogens (tertiary/aromatic N) is 4. The molecule has 5 rings (SSSR count). The summed E-state index contributed by atoms with van der Waals surface area (Å²) in [6.07, 6.45) is 0. The van der Waals surface area contributed by atoms with Crippen LogP contribution in [0.4, 0.5) is 10.1 Å². The van der Waals surface area contributed by atoms with Crippen LogP contribution in [-0.4, -0.2) is 26.8 Å². The standard InChI is InChI=1S/C31H28FN5O2/c1-21-11-10-18-27(22(21)2)37(29(38)20-36-28-17-9-8-16-26(28)34-35-36)30(24-14-6-7-15-25(24)32)31(39)33-19-23-12-4-3-5-13-23/h3-18,30H,19-20H2,1-2H3,(H,33,39)/t30-/m1/s1. The van der Waals surface area contributed by atoms with Gasteiger partial charge in [0.25, 0.3) is 0 Å². The van der Waals surface area contributed by atoms with Crippen molar-refractivity contribution in [3.05, 3.63) is 125 Å². The molecule has 2 amide bonds. The van der Waals surface area contributed by atoms with E-state index in [2.05, 4.69) is 15.6 Å². The Labute approximate surface area is 225 Å². The van der Waals surface area contributed by atoms with E-state index in [0.717, 1.165) is 16.7 Å². The molecule has 39 heavy (non-hydrogen) atoms. The molecule has 1 N–H and O–H groups in total. The first-order valence-electron chi connectivity index (χ1n) is 12.7. The zero-order chi connectivity index (χ0) is 27.4. The Morgan fingerprint density at radius 1 is 0.897 bits per heavy atom. The van der Waals surface area contributed by atoms with Crippen molar-refractivity contribution >= 4 is 28.5 Å². The molecule has 196 valence electrons. The normalized spacial score (nSPS) is 11.8. The molecular weight excluding hydrogens is 493 g/mol. The van der Waals surface area contributed by atoms with Crippen LogP contribution in [0.2, 0.25) is 0 Å². The van der Waals surface area contributed by atoms with Crippen LogP contribution in [0.5, 0.6) is 0 Å². The van der Waals surface area contributed by atoms with E-state index in [9.17, 15) is 9.59 Å². The maximum atomic E-state index is 15.3. The van der Waals surface area contributed by atoms with E-state index >= 15 is 4.39 Å². The third-order valence-electron chi connectivity index (χ3n) is 6.83. The fourth-order valence-corrected chi connectivity index (χ4v) is 4.63. The molecule has 0 bridgehead atoms. The number of fused-ring (bicyclic) bond motifs is 1. The SMILES string of the molecule is Cc1cccc(N(C(=O)Cn2nnc3ccccc32)[C@@H](C(=O)NCc2ccccc2)c2ccccc2F)c1C. The Hall–Kier alpha value is -4.85. The van der Waals surface area contributed by atoms with Gasteiger partial charge in [-0.2, -0.15) is 0 Å². The Morgan fingerprint density at radius 3 is 2.41 bits per heavy atom. The number of amides is 2. The predicted octanol–water partition coefficient (Wildman–Crippen LogP) is 5.28. The first-order chi connectivity index (χ1) is 18.9. The van der Waals surface area contributed by atoms with Crippen molar-refractivity contribution in [2.75, 3.05) is 4.90 Å². The van der Waals surface area contributed by atoms with Crippen molar-refractivity contribution in [3.63, 3.8) is 0 Å². The van der Waals surface area contributed by atoms with Crippen molar-refractivity contribution in [1.29, 1.82) is 0 Å². The molecule has 7 nitrogen and oxygen atoms in total. The number of carbonyl (C=O) groups excluding carboxylic acids is 2. The van der Waals surface area contributed by atoms with Crippen molar-refractivity contribution < 1.29 is 14.0 Å². The van der Waals surface area contributed by atoms with E-state index in [1.165, 1.54) is 15.6 Å². The van der Waals surface area contributed by atoms with Gasteiger partial charge in [0.15, 0.2) is 0 Å². The Morgan fingerprint density at radius 2 is 1.62 bits per heavy atom. The van der Waals surface area contributed by atoms with E-state index in [1.54, 1.807) is 24.3 Å². The molecule has 1 atom stereocenters. The molecule has 0 fully saturated rings. The van der Waals surface area contributed by atoms with Gasteiger partial charge in [0, 0.05) is 17.8 Å². The van der Waals surface area contributed by atoms with Crippen LogP contribution in [-0.2, 0) is 22.7 Å². The van der Waals surface area contributed by atoms with Crippen LogP contribution in [0.25, 0.3) is 11.0 Å². The van der Waals surface area contributed by atoms with E-state index in [0.29, 0.717) is 16.7 Å². The van der Waals surface area contributed by atoms with E-state index in [4.69, 9.17) is 0 Å². The second-order valence-electron chi connectivity index (χ2n) is 9.35. The Bertz CT molecular complexity index is 1630. The Kier molecular flexibility index (Phi) is 7.45. The summed E-state index contributed by atoms with van der Waals surface area (Å²) < 4.78 is 16.8. The van der Waals surface area contributed by atoms with Gasteiger partial charge in [-0.25, -0.2) is 9.07 Å². The maximum absolute atomic E-state index is 15.3. The van der Waals surface area contributed by atoms with Crippen molar-refractivity contribution in [1.82, 2.24) is 20.3 Å². The molecule has 8 heteroatoms. The average Bonchev–Trinajstić information content (AvgIpc) is 3.36. The first kappa shape index (κ1) is 25.8. The first-order valence-corrected chi connectivity index (χ1v) is 12.7. The molecule has 1 heterocycles. The van der Waals surface area contributed by atoms with Crippen molar-refractivity contribution in [2.45, 2.75) is 33.0 Å². The summed E-state index contributed by atoms with van der Waals surface area (Å²) in [6, 6.07) is 27.1. The van der Waals surface area contributed by atoms with Crippen LogP contribution in [0, 0.1) is 19.7 Å². The largest absolute Gasteiger partial charge is 0.350 e. The zero-order valence-corrected chi connectivity index (χ0v) is 21.7. The van der Waals surface area contributed by atoms with Gasteiger partial charge in [0.05, 0.1) is 5.52 Å². The lowest BCUT2D eigenvalue weighted by atomic mass is 9.99. The maximum Gasteiger partial charge on any atom is 0.249 e. The summed E-state index contributed by atoms with van der Waals surface area (Å²) in [7, 11) is 0. The molecule has 0 aliphatic heterocycles. The van der Waals surface area contributed by atoms with Gasteiger partial charge in [-0.15, -0.1) is 5.10 Å². The molecule has 0 aliphatic rings. The fourth-order valence-electron chi connectivity index (χ4n) is 4.63. The molecule has 1 aromatic heterocycles. The second-order valence-corrected chi connectivity index (χ2v) is 9.35. The quantitative estimate of drug-likeness (QED) is 0.301. The Balaban J connectivity index is 1.60. The number of anilines is 1. The summed E-state index contributed by atoms with van der Waals surface area (Å²) in [5.74, 6) is -1.50. The van der Waals surface area contributed by atoms with Gasteiger partial charge in [-0.3, -0.25) is 14.5 Å². The number of aromatic nitrogens is 3. The molecule has 4 aromatic carbocycles. The number of para-hydroxylation sites is 1. The van der Waals surface area contributed by atoms with Gasteiger partial charge in [-0.1, -0.05) is 78.0 Å². The number of aryl methyl sites for hydroxylation is 1. The highest BCUT2D eigenvalue weighted by Crippen LogP contribution is 2.33. The molecule has 0 saturated carbocycles. The van der Waals surface area contributed by atoms with Crippen LogP contribution >= 0.6 is 0 Å². The molecular formula is C31H28FN5O2. The zero-order valence-electron chi connectivity index (χ0n) is 21.7. The number of hydrogen-bond donors (Lipinski definition) is 1. The third kappa shape index (κ3) is 5.40. The summed E-state index contributed by atoms with van der Waals surface area (Å²) in [4.78, 5) is 29.4. The monoisotopic (exact) mass is 521 g/mol. The summed E-state index contributed by atoms with van der Waals surface area (Å²) in [5.41, 5.74) is 4.59. The van der Waals surface area contributed by atoms with E-state index in [-0.39, 0.29) is 18.7 Å². The highest BCUT2D eigenvalue weighted by molar-refractivity contribution is 6.02. The highest BCUT2D eigenvalue weighted by atomic mass is 19.1. The van der Waals surface area contributed by atoms with Crippen LogP contribution in [0.3, 0.4) is 0 Å². The topological polar surface area (TPSA) is 80.1 Å². The van der Waals surface area contributed by atoms with Crippen LogP contribution in [0.15, 0.2) is 97.1 Å². The summed E-state index contributed by atoms with van der Waals surface area (Å²) in [5, 5.41) is 11.2. The molecule has 5 aromatic rings. The smallest absolute Gasteiger partial charge is 0.249 e. The average molecular weight is 522 g/mol. The minimum atomic E-state index is -1.27.